The van der Waals surface area contributed by atoms with Crippen molar-refractivity contribution in [3.05, 3.63) is 65.4 Å². The summed E-state index contributed by atoms with van der Waals surface area (Å²) in [6.45, 7) is 2.53. The predicted octanol–water partition coefficient (Wildman–Crippen LogP) is 5.58. The summed E-state index contributed by atoms with van der Waals surface area (Å²) in [5.41, 5.74) is 4.46. The van der Waals surface area contributed by atoms with Crippen LogP contribution in [0, 0.1) is 6.92 Å². The molecule has 3 aromatic rings. The number of hydrogen-bond donors (Lipinski definition) is 2. The molecule has 0 unspecified atom stereocenters. The van der Waals surface area contributed by atoms with Gasteiger partial charge in [-0.25, -0.2) is 0 Å². The Labute approximate surface area is 159 Å². The van der Waals surface area contributed by atoms with Crippen molar-refractivity contribution in [1.29, 1.82) is 0 Å². The van der Waals surface area contributed by atoms with Crippen LogP contribution in [-0.4, -0.2) is 17.0 Å². The SMILES string of the molecule is Cc1[nH]c2ccccc2c1C(=O)Nc1cccc(COC2CCCCC2)c1. The second-order valence-corrected chi connectivity index (χ2v) is 7.40. The van der Waals surface area contributed by atoms with Crippen molar-refractivity contribution in [2.24, 2.45) is 0 Å². The van der Waals surface area contributed by atoms with Crippen molar-refractivity contribution in [3.63, 3.8) is 0 Å². The molecule has 0 bridgehead atoms. The van der Waals surface area contributed by atoms with Crippen LogP contribution in [0.2, 0.25) is 0 Å². The van der Waals surface area contributed by atoms with Gasteiger partial charge in [0, 0.05) is 22.3 Å². The van der Waals surface area contributed by atoms with Crippen molar-refractivity contribution in [3.8, 4) is 0 Å². The van der Waals surface area contributed by atoms with E-state index in [9.17, 15) is 4.79 Å². The Hall–Kier alpha value is -2.59. The van der Waals surface area contributed by atoms with Crippen molar-refractivity contribution < 1.29 is 9.53 Å². The smallest absolute Gasteiger partial charge is 0.258 e. The molecular weight excluding hydrogens is 336 g/mol. The summed E-state index contributed by atoms with van der Waals surface area (Å²) in [5.74, 6) is -0.0877. The standard InChI is InChI=1S/C23H26N2O2/c1-16-22(20-12-5-6-13-21(20)24-16)23(26)25-18-9-7-8-17(14-18)15-27-19-10-3-2-4-11-19/h5-9,12-14,19,24H,2-4,10-11,15H2,1H3,(H,25,26). The highest BCUT2D eigenvalue weighted by Gasteiger charge is 2.16. The van der Waals surface area contributed by atoms with Gasteiger partial charge < -0.3 is 15.0 Å². The van der Waals surface area contributed by atoms with Crippen LogP contribution in [0.1, 0.15) is 53.7 Å². The number of carbonyl (C=O) groups excluding carboxylic acids is 1. The van der Waals surface area contributed by atoms with Crippen LogP contribution in [0.4, 0.5) is 5.69 Å². The van der Waals surface area contributed by atoms with Gasteiger partial charge in [-0.05, 0) is 43.5 Å². The zero-order chi connectivity index (χ0) is 18.6. The largest absolute Gasteiger partial charge is 0.374 e. The molecule has 4 rings (SSSR count). The number of carbonyl (C=O) groups is 1. The number of nitrogens with one attached hydrogen (secondary N) is 2. The maximum absolute atomic E-state index is 12.9. The molecule has 27 heavy (non-hydrogen) atoms. The number of rotatable bonds is 5. The monoisotopic (exact) mass is 362 g/mol. The number of H-pyrrole nitrogens is 1. The summed E-state index contributed by atoms with van der Waals surface area (Å²) in [6.07, 6.45) is 6.57. The van der Waals surface area contributed by atoms with E-state index in [1.807, 2.05) is 49.4 Å². The summed E-state index contributed by atoms with van der Waals surface area (Å²) < 4.78 is 6.06. The van der Waals surface area contributed by atoms with Crippen LogP contribution >= 0.6 is 0 Å². The van der Waals surface area contributed by atoms with Gasteiger partial charge in [0.05, 0.1) is 18.3 Å². The molecule has 1 aliphatic rings. The molecule has 1 aromatic heterocycles. The number of anilines is 1. The minimum absolute atomic E-state index is 0.0877. The lowest BCUT2D eigenvalue weighted by molar-refractivity contribution is 0.0169. The fraction of sp³-hybridized carbons (Fsp3) is 0.348. The van der Waals surface area contributed by atoms with E-state index in [-0.39, 0.29) is 5.91 Å². The highest BCUT2D eigenvalue weighted by Crippen LogP contribution is 2.24. The number of benzene rings is 2. The van der Waals surface area contributed by atoms with E-state index in [0.717, 1.165) is 40.7 Å². The third-order valence-corrected chi connectivity index (χ3v) is 5.34. The van der Waals surface area contributed by atoms with E-state index < -0.39 is 0 Å². The van der Waals surface area contributed by atoms with Gasteiger partial charge >= 0.3 is 0 Å². The molecule has 2 aromatic carbocycles. The number of aryl methyl sites for hydroxylation is 1. The molecule has 1 amide bonds. The quantitative estimate of drug-likeness (QED) is 0.623. The third-order valence-electron chi connectivity index (χ3n) is 5.34. The molecule has 0 spiro atoms. The number of aromatic amines is 1. The summed E-state index contributed by atoms with van der Waals surface area (Å²) >= 11 is 0. The van der Waals surface area contributed by atoms with Gasteiger partial charge in [0.2, 0.25) is 0 Å². The minimum Gasteiger partial charge on any atom is -0.374 e. The maximum Gasteiger partial charge on any atom is 0.258 e. The Morgan fingerprint density at radius 3 is 2.78 bits per heavy atom. The molecule has 1 heterocycles. The van der Waals surface area contributed by atoms with Gasteiger partial charge in [-0.3, -0.25) is 4.79 Å². The zero-order valence-electron chi connectivity index (χ0n) is 15.8. The van der Waals surface area contributed by atoms with Crippen LogP contribution in [0.25, 0.3) is 10.9 Å². The summed E-state index contributed by atoms with van der Waals surface area (Å²) in [5, 5.41) is 3.99. The van der Waals surface area contributed by atoms with Gasteiger partial charge in [-0.2, -0.15) is 0 Å². The molecule has 4 nitrogen and oxygen atoms in total. The average Bonchev–Trinajstić information content (AvgIpc) is 3.03. The molecule has 0 aliphatic heterocycles. The van der Waals surface area contributed by atoms with Gasteiger partial charge in [0.15, 0.2) is 0 Å². The van der Waals surface area contributed by atoms with Gasteiger partial charge in [0.1, 0.15) is 0 Å². The zero-order valence-corrected chi connectivity index (χ0v) is 15.8. The molecular formula is C23H26N2O2. The molecule has 1 aliphatic carbocycles. The second-order valence-electron chi connectivity index (χ2n) is 7.40. The molecule has 0 atom stereocenters. The van der Waals surface area contributed by atoms with Gasteiger partial charge in [-0.15, -0.1) is 0 Å². The van der Waals surface area contributed by atoms with E-state index in [0.29, 0.717) is 18.3 Å². The highest BCUT2D eigenvalue weighted by molar-refractivity contribution is 6.13. The number of amides is 1. The van der Waals surface area contributed by atoms with Crippen LogP contribution in [0.3, 0.4) is 0 Å². The van der Waals surface area contributed by atoms with E-state index in [1.165, 1.54) is 19.3 Å². The minimum atomic E-state index is -0.0877. The molecule has 2 N–H and O–H groups in total. The van der Waals surface area contributed by atoms with E-state index in [2.05, 4.69) is 16.4 Å². The normalized spacial score (nSPS) is 15.1. The van der Waals surface area contributed by atoms with Crippen molar-refractivity contribution >= 4 is 22.5 Å². The molecule has 4 heteroatoms. The lowest BCUT2D eigenvalue weighted by Crippen LogP contribution is -2.16. The second kappa shape index (κ2) is 7.97. The average molecular weight is 362 g/mol. The van der Waals surface area contributed by atoms with Crippen molar-refractivity contribution in [2.75, 3.05) is 5.32 Å². The number of para-hydroxylation sites is 1. The van der Waals surface area contributed by atoms with E-state index in [4.69, 9.17) is 4.74 Å². The molecule has 0 saturated heterocycles. The van der Waals surface area contributed by atoms with Crippen LogP contribution in [-0.2, 0) is 11.3 Å². The van der Waals surface area contributed by atoms with E-state index >= 15 is 0 Å². The lowest BCUT2D eigenvalue weighted by Gasteiger charge is -2.22. The first-order valence-electron chi connectivity index (χ1n) is 9.80. The van der Waals surface area contributed by atoms with Crippen molar-refractivity contribution in [1.82, 2.24) is 4.98 Å². The maximum atomic E-state index is 12.9. The van der Waals surface area contributed by atoms with Gasteiger partial charge in [0.25, 0.3) is 5.91 Å². The summed E-state index contributed by atoms with van der Waals surface area (Å²) in [7, 11) is 0. The molecule has 140 valence electrons. The fourth-order valence-corrected chi connectivity index (χ4v) is 3.95. The topological polar surface area (TPSA) is 54.1 Å². The fourth-order valence-electron chi connectivity index (χ4n) is 3.95. The predicted molar refractivity (Wildman–Crippen MR) is 109 cm³/mol. The number of fused-ring (bicyclic) bond motifs is 1. The Balaban J connectivity index is 1.45. The van der Waals surface area contributed by atoms with Crippen LogP contribution < -0.4 is 5.32 Å². The molecule has 1 fully saturated rings. The first-order chi connectivity index (χ1) is 13.2. The number of ether oxygens (including phenoxy) is 1. The van der Waals surface area contributed by atoms with E-state index in [1.54, 1.807) is 0 Å². The first kappa shape index (κ1) is 17.8. The number of hydrogen-bond acceptors (Lipinski definition) is 2. The Morgan fingerprint density at radius 2 is 1.93 bits per heavy atom. The van der Waals surface area contributed by atoms with Crippen LogP contribution in [0.15, 0.2) is 48.5 Å². The lowest BCUT2D eigenvalue weighted by atomic mass is 9.98. The first-order valence-corrected chi connectivity index (χ1v) is 9.80. The molecule has 0 radical (unpaired) electrons. The Kier molecular flexibility index (Phi) is 5.26. The summed E-state index contributed by atoms with van der Waals surface area (Å²) in [6, 6.07) is 15.8. The van der Waals surface area contributed by atoms with Gasteiger partial charge in [-0.1, -0.05) is 49.6 Å². The molecule has 1 saturated carbocycles. The highest BCUT2D eigenvalue weighted by atomic mass is 16.5. The third kappa shape index (κ3) is 4.06. The number of aromatic nitrogens is 1. The Morgan fingerprint density at radius 1 is 1.11 bits per heavy atom. The Bertz CT molecular complexity index is 938. The van der Waals surface area contributed by atoms with Crippen molar-refractivity contribution in [2.45, 2.75) is 51.7 Å². The summed E-state index contributed by atoms with van der Waals surface area (Å²) in [4.78, 5) is 16.1. The van der Waals surface area contributed by atoms with Crippen LogP contribution in [0.5, 0.6) is 0 Å².